The number of hydrazone groups is 1. The van der Waals surface area contributed by atoms with Crippen LogP contribution in [0.5, 0.6) is 11.5 Å². The number of ether oxygens (including phenoxy) is 2. The van der Waals surface area contributed by atoms with Crippen LogP contribution >= 0.6 is 0 Å². The smallest absolute Gasteiger partial charge is 0.244 e. The van der Waals surface area contributed by atoms with Crippen molar-refractivity contribution >= 4 is 12.1 Å². The first kappa shape index (κ1) is 15.6. The van der Waals surface area contributed by atoms with E-state index in [1.807, 2.05) is 13.0 Å². The molecule has 1 heterocycles. The topological polar surface area (TPSA) is 73.1 Å². The summed E-state index contributed by atoms with van der Waals surface area (Å²) < 4.78 is 15.7. The van der Waals surface area contributed by atoms with Crippen LogP contribution in [-0.4, -0.2) is 26.3 Å². The van der Waals surface area contributed by atoms with Crippen molar-refractivity contribution in [3.05, 3.63) is 47.4 Å². The molecule has 1 N–H and O–H groups in total. The predicted molar refractivity (Wildman–Crippen MR) is 82.4 cm³/mol. The summed E-state index contributed by atoms with van der Waals surface area (Å²) in [5.41, 5.74) is 3.26. The van der Waals surface area contributed by atoms with Gasteiger partial charge in [-0.3, -0.25) is 4.79 Å². The zero-order valence-electron chi connectivity index (χ0n) is 12.8. The molecule has 2 rings (SSSR count). The van der Waals surface area contributed by atoms with Crippen LogP contribution in [0.3, 0.4) is 0 Å². The van der Waals surface area contributed by atoms with Crippen molar-refractivity contribution in [1.82, 2.24) is 5.43 Å². The van der Waals surface area contributed by atoms with Gasteiger partial charge in [0.15, 0.2) is 11.5 Å². The third-order valence-electron chi connectivity index (χ3n) is 2.95. The van der Waals surface area contributed by atoms with Crippen molar-refractivity contribution in [2.75, 3.05) is 14.2 Å². The average molecular weight is 302 g/mol. The molecule has 2 aromatic rings. The molecule has 0 atom stereocenters. The van der Waals surface area contributed by atoms with Gasteiger partial charge in [0.1, 0.15) is 11.5 Å². The first-order valence-corrected chi connectivity index (χ1v) is 6.71. The fourth-order valence-corrected chi connectivity index (χ4v) is 1.91. The molecule has 116 valence electrons. The minimum absolute atomic E-state index is 0.189. The molecule has 0 aliphatic carbocycles. The summed E-state index contributed by atoms with van der Waals surface area (Å²) in [5, 5.41) is 3.85. The van der Waals surface area contributed by atoms with Crippen molar-refractivity contribution < 1.29 is 18.7 Å². The standard InChI is InChI=1S/C16H18N2O4/c1-11-4-6-13(22-11)10-17-18-16(19)9-12-5-7-14(20-2)15(8-12)21-3/h4-8,10H,9H2,1-3H3,(H,18,19). The number of nitrogens with one attached hydrogen (secondary N) is 1. The highest BCUT2D eigenvalue weighted by molar-refractivity contribution is 5.81. The average Bonchev–Trinajstić information content (AvgIpc) is 2.92. The number of benzene rings is 1. The summed E-state index contributed by atoms with van der Waals surface area (Å²) in [6, 6.07) is 8.93. The molecule has 22 heavy (non-hydrogen) atoms. The van der Waals surface area contributed by atoms with E-state index >= 15 is 0 Å². The number of methoxy groups -OCH3 is 2. The van der Waals surface area contributed by atoms with E-state index < -0.39 is 0 Å². The molecule has 6 nitrogen and oxygen atoms in total. The maximum absolute atomic E-state index is 11.8. The molecule has 0 spiro atoms. The van der Waals surface area contributed by atoms with E-state index in [1.54, 1.807) is 38.5 Å². The fraction of sp³-hybridized carbons (Fsp3) is 0.250. The van der Waals surface area contributed by atoms with E-state index in [9.17, 15) is 4.79 Å². The molecular weight excluding hydrogens is 284 g/mol. The van der Waals surface area contributed by atoms with Crippen molar-refractivity contribution in [3.8, 4) is 11.5 Å². The SMILES string of the molecule is COc1ccc(CC(=O)NN=Cc2ccc(C)o2)cc1OC. The van der Waals surface area contributed by atoms with Crippen molar-refractivity contribution in [3.63, 3.8) is 0 Å². The molecule has 1 aromatic heterocycles. The molecule has 6 heteroatoms. The Hall–Kier alpha value is -2.76. The summed E-state index contributed by atoms with van der Waals surface area (Å²) in [5.74, 6) is 2.36. The Balaban J connectivity index is 1.93. The molecule has 0 saturated heterocycles. The van der Waals surface area contributed by atoms with Crippen LogP contribution in [0.2, 0.25) is 0 Å². The number of furan rings is 1. The lowest BCUT2D eigenvalue weighted by Gasteiger charge is -2.09. The zero-order valence-corrected chi connectivity index (χ0v) is 12.8. The van der Waals surface area contributed by atoms with Crippen LogP contribution in [-0.2, 0) is 11.2 Å². The third-order valence-corrected chi connectivity index (χ3v) is 2.95. The molecule has 0 bridgehead atoms. The number of amides is 1. The molecule has 0 radical (unpaired) electrons. The first-order valence-electron chi connectivity index (χ1n) is 6.71. The van der Waals surface area contributed by atoms with Crippen LogP contribution in [0.4, 0.5) is 0 Å². The maximum atomic E-state index is 11.8. The van der Waals surface area contributed by atoms with Crippen LogP contribution in [0.15, 0.2) is 39.9 Å². The molecule has 0 unspecified atom stereocenters. The van der Waals surface area contributed by atoms with E-state index in [4.69, 9.17) is 13.9 Å². The van der Waals surface area contributed by atoms with E-state index in [0.717, 1.165) is 11.3 Å². The van der Waals surface area contributed by atoms with Gasteiger partial charge in [-0.25, -0.2) is 5.43 Å². The molecule has 0 aliphatic heterocycles. The Bertz CT molecular complexity index is 677. The number of carbonyl (C=O) groups is 1. The second kappa shape index (κ2) is 7.31. The van der Waals surface area contributed by atoms with E-state index in [0.29, 0.717) is 17.3 Å². The normalized spacial score (nSPS) is 10.7. The van der Waals surface area contributed by atoms with Crippen LogP contribution in [0.1, 0.15) is 17.1 Å². The monoisotopic (exact) mass is 302 g/mol. The van der Waals surface area contributed by atoms with Gasteiger partial charge in [0, 0.05) is 0 Å². The quantitative estimate of drug-likeness (QED) is 0.656. The Morgan fingerprint density at radius 2 is 2.00 bits per heavy atom. The highest BCUT2D eigenvalue weighted by Crippen LogP contribution is 2.27. The van der Waals surface area contributed by atoms with Gasteiger partial charge in [-0.2, -0.15) is 5.10 Å². The molecular formula is C16H18N2O4. The number of hydrogen-bond acceptors (Lipinski definition) is 5. The van der Waals surface area contributed by atoms with Gasteiger partial charge >= 0.3 is 0 Å². The maximum Gasteiger partial charge on any atom is 0.244 e. The minimum atomic E-state index is -0.230. The molecule has 0 fully saturated rings. The van der Waals surface area contributed by atoms with Crippen LogP contribution < -0.4 is 14.9 Å². The Labute approximate surface area is 128 Å². The van der Waals surface area contributed by atoms with E-state index in [1.165, 1.54) is 6.21 Å². The molecule has 0 saturated carbocycles. The highest BCUT2D eigenvalue weighted by Gasteiger charge is 2.07. The molecule has 1 aromatic carbocycles. The van der Waals surface area contributed by atoms with Gasteiger partial charge in [-0.15, -0.1) is 0 Å². The summed E-state index contributed by atoms with van der Waals surface area (Å²) in [7, 11) is 3.12. The minimum Gasteiger partial charge on any atom is -0.493 e. The second-order valence-electron chi connectivity index (χ2n) is 4.61. The Kier molecular flexibility index (Phi) is 5.19. The second-order valence-corrected chi connectivity index (χ2v) is 4.61. The van der Waals surface area contributed by atoms with Crippen molar-refractivity contribution in [1.29, 1.82) is 0 Å². The first-order chi connectivity index (χ1) is 10.6. The van der Waals surface area contributed by atoms with E-state index in [-0.39, 0.29) is 12.3 Å². The fourth-order valence-electron chi connectivity index (χ4n) is 1.91. The van der Waals surface area contributed by atoms with Gasteiger partial charge in [-0.05, 0) is 36.8 Å². The van der Waals surface area contributed by atoms with Crippen molar-refractivity contribution in [2.45, 2.75) is 13.3 Å². The van der Waals surface area contributed by atoms with Gasteiger partial charge in [-0.1, -0.05) is 6.07 Å². The number of nitrogens with zero attached hydrogens (tertiary/aromatic N) is 1. The number of aryl methyl sites for hydroxylation is 1. The Morgan fingerprint density at radius 3 is 2.64 bits per heavy atom. The largest absolute Gasteiger partial charge is 0.493 e. The molecule has 0 aliphatic rings. The third kappa shape index (κ3) is 4.12. The van der Waals surface area contributed by atoms with Crippen LogP contribution in [0, 0.1) is 6.92 Å². The molecule has 1 amide bonds. The van der Waals surface area contributed by atoms with Gasteiger partial charge in [0.05, 0.1) is 26.9 Å². The van der Waals surface area contributed by atoms with Crippen LogP contribution in [0.25, 0.3) is 0 Å². The lowest BCUT2D eigenvalue weighted by atomic mass is 10.1. The van der Waals surface area contributed by atoms with Gasteiger partial charge in [0.2, 0.25) is 5.91 Å². The zero-order chi connectivity index (χ0) is 15.9. The predicted octanol–water partition coefficient (Wildman–Crippen LogP) is 2.30. The Morgan fingerprint density at radius 1 is 1.23 bits per heavy atom. The van der Waals surface area contributed by atoms with E-state index in [2.05, 4.69) is 10.5 Å². The van der Waals surface area contributed by atoms with Crippen molar-refractivity contribution in [2.24, 2.45) is 5.10 Å². The number of hydrogen-bond donors (Lipinski definition) is 1. The lowest BCUT2D eigenvalue weighted by molar-refractivity contribution is -0.120. The number of carbonyl (C=O) groups excluding carboxylic acids is 1. The summed E-state index contributed by atoms with van der Waals surface area (Å²) in [6.07, 6.45) is 1.65. The summed E-state index contributed by atoms with van der Waals surface area (Å²) in [6.45, 7) is 1.84. The van der Waals surface area contributed by atoms with Gasteiger partial charge in [0.25, 0.3) is 0 Å². The lowest BCUT2D eigenvalue weighted by Crippen LogP contribution is -2.19. The summed E-state index contributed by atoms with van der Waals surface area (Å²) in [4.78, 5) is 11.8. The number of rotatable bonds is 6. The highest BCUT2D eigenvalue weighted by atomic mass is 16.5. The van der Waals surface area contributed by atoms with Gasteiger partial charge < -0.3 is 13.9 Å². The summed E-state index contributed by atoms with van der Waals surface area (Å²) >= 11 is 0.